The summed E-state index contributed by atoms with van der Waals surface area (Å²) in [5.74, 6) is 1.98. The van der Waals surface area contributed by atoms with Crippen molar-refractivity contribution in [2.75, 3.05) is 19.5 Å². The van der Waals surface area contributed by atoms with Gasteiger partial charge in [-0.1, -0.05) is 23.7 Å². The molecule has 0 bridgehead atoms. The number of aromatic nitrogens is 3. The zero-order valence-electron chi connectivity index (χ0n) is 14.6. The van der Waals surface area contributed by atoms with E-state index in [2.05, 4.69) is 10.3 Å². The van der Waals surface area contributed by atoms with Crippen molar-refractivity contribution in [2.45, 2.75) is 6.92 Å². The fourth-order valence-electron chi connectivity index (χ4n) is 3.00. The summed E-state index contributed by atoms with van der Waals surface area (Å²) >= 11 is 6.37. The van der Waals surface area contributed by atoms with E-state index in [-0.39, 0.29) is 0 Å². The summed E-state index contributed by atoms with van der Waals surface area (Å²) < 4.78 is 12.8. The fourth-order valence-corrected chi connectivity index (χ4v) is 3.27. The lowest BCUT2D eigenvalue weighted by Gasteiger charge is -2.15. The highest BCUT2D eigenvalue weighted by Gasteiger charge is 2.16. The second-order valence-corrected chi connectivity index (χ2v) is 6.27. The number of rotatable bonds is 4. The third kappa shape index (κ3) is 2.59. The minimum absolute atomic E-state index is 0.632. The molecule has 0 unspecified atom stereocenters. The zero-order chi connectivity index (χ0) is 18.3. The standard InChI is InChI=1S/C19H17ClN4O2/c1-11-5-4-6-13(20)17(11)23-19-15-9-21-10-24(15)18-14(22-19)7-12(25-2)8-16(18)26-3/h4-10H,1-3H3,(H,22,23). The summed E-state index contributed by atoms with van der Waals surface area (Å²) in [6.07, 6.45) is 3.49. The minimum atomic E-state index is 0.632. The van der Waals surface area contributed by atoms with E-state index in [1.165, 1.54) is 0 Å². The van der Waals surface area contributed by atoms with E-state index in [1.807, 2.05) is 41.7 Å². The lowest BCUT2D eigenvalue weighted by Crippen LogP contribution is -2.02. The number of halogens is 1. The van der Waals surface area contributed by atoms with Gasteiger partial charge in [0.25, 0.3) is 0 Å². The second kappa shape index (κ2) is 6.38. The number of benzene rings is 2. The molecule has 26 heavy (non-hydrogen) atoms. The van der Waals surface area contributed by atoms with Crippen molar-refractivity contribution >= 4 is 39.7 Å². The Balaban J connectivity index is 1.99. The Morgan fingerprint density at radius 2 is 2.00 bits per heavy atom. The molecule has 0 aliphatic rings. The van der Waals surface area contributed by atoms with Gasteiger partial charge >= 0.3 is 0 Å². The third-order valence-corrected chi connectivity index (χ3v) is 4.62. The van der Waals surface area contributed by atoms with Gasteiger partial charge in [-0.15, -0.1) is 0 Å². The van der Waals surface area contributed by atoms with Crippen molar-refractivity contribution in [3.63, 3.8) is 0 Å². The number of aryl methyl sites for hydroxylation is 1. The molecular weight excluding hydrogens is 352 g/mol. The monoisotopic (exact) mass is 368 g/mol. The maximum Gasteiger partial charge on any atom is 0.157 e. The first-order valence-electron chi connectivity index (χ1n) is 8.02. The smallest absolute Gasteiger partial charge is 0.157 e. The molecule has 0 atom stereocenters. The molecule has 0 saturated carbocycles. The molecular formula is C19H17ClN4O2. The Hall–Kier alpha value is -2.99. The Bertz CT molecular complexity index is 1100. The van der Waals surface area contributed by atoms with Gasteiger partial charge in [-0.25, -0.2) is 9.97 Å². The van der Waals surface area contributed by atoms with Gasteiger partial charge in [-0.2, -0.15) is 0 Å². The summed E-state index contributed by atoms with van der Waals surface area (Å²) in [6.45, 7) is 1.99. The van der Waals surface area contributed by atoms with Gasteiger partial charge in [0.2, 0.25) is 0 Å². The quantitative estimate of drug-likeness (QED) is 0.570. The highest BCUT2D eigenvalue weighted by atomic mass is 35.5. The van der Waals surface area contributed by atoms with Crippen molar-refractivity contribution in [1.29, 1.82) is 0 Å². The number of anilines is 2. The van der Waals surface area contributed by atoms with Crippen LogP contribution in [0, 0.1) is 6.92 Å². The molecule has 0 aliphatic heterocycles. The van der Waals surface area contributed by atoms with Gasteiger partial charge in [0.15, 0.2) is 5.82 Å². The number of methoxy groups -OCH3 is 2. The average Bonchev–Trinajstić information content (AvgIpc) is 3.13. The number of imidazole rings is 1. The van der Waals surface area contributed by atoms with E-state index in [1.54, 1.807) is 26.7 Å². The van der Waals surface area contributed by atoms with Crippen LogP contribution in [0.1, 0.15) is 5.56 Å². The van der Waals surface area contributed by atoms with Crippen molar-refractivity contribution in [3.05, 3.63) is 53.4 Å². The summed E-state index contributed by atoms with van der Waals surface area (Å²) in [4.78, 5) is 9.06. The van der Waals surface area contributed by atoms with Gasteiger partial charge in [-0.3, -0.25) is 4.40 Å². The summed E-state index contributed by atoms with van der Waals surface area (Å²) in [5.41, 5.74) is 4.21. The Morgan fingerprint density at radius 1 is 1.15 bits per heavy atom. The van der Waals surface area contributed by atoms with Gasteiger partial charge < -0.3 is 14.8 Å². The maximum absolute atomic E-state index is 6.37. The predicted molar refractivity (Wildman–Crippen MR) is 103 cm³/mol. The molecule has 0 spiro atoms. The third-order valence-electron chi connectivity index (χ3n) is 4.30. The molecule has 0 fully saturated rings. The Morgan fingerprint density at radius 3 is 2.73 bits per heavy atom. The number of fused-ring (bicyclic) bond motifs is 3. The molecule has 7 heteroatoms. The van der Waals surface area contributed by atoms with Crippen molar-refractivity contribution < 1.29 is 9.47 Å². The van der Waals surface area contributed by atoms with Crippen LogP contribution in [0.25, 0.3) is 16.6 Å². The first-order chi connectivity index (χ1) is 12.6. The molecule has 0 radical (unpaired) electrons. The van der Waals surface area contributed by atoms with Gasteiger partial charge in [0.05, 0.1) is 43.0 Å². The molecule has 4 aromatic rings. The van der Waals surface area contributed by atoms with Crippen LogP contribution in [0.2, 0.25) is 5.02 Å². The van der Waals surface area contributed by atoms with Crippen LogP contribution in [0.5, 0.6) is 11.5 Å². The first-order valence-corrected chi connectivity index (χ1v) is 8.40. The van der Waals surface area contributed by atoms with Crippen molar-refractivity contribution in [3.8, 4) is 11.5 Å². The van der Waals surface area contributed by atoms with Gasteiger partial charge in [0, 0.05) is 12.1 Å². The maximum atomic E-state index is 6.37. The number of nitrogens with zero attached hydrogens (tertiary/aromatic N) is 3. The van der Waals surface area contributed by atoms with Gasteiger partial charge in [-0.05, 0) is 18.6 Å². The first kappa shape index (κ1) is 16.5. The largest absolute Gasteiger partial charge is 0.497 e. The minimum Gasteiger partial charge on any atom is -0.497 e. The molecule has 2 heterocycles. The molecule has 0 saturated heterocycles. The zero-order valence-corrected chi connectivity index (χ0v) is 15.3. The van der Waals surface area contributed by atoms with E-state index >= 15 is 0 Å². The van der Waals surface area contributed by atoms with Gasteiger partial charge in [0.1, 0.15) is 22.5 Å². The van der Waals surface area contributed by atoms with Crippen LogP contribution in [0.3, 0.4) is 0 Å². The normalized spacial score (nSPS) is 11.1. The molecule has 6 nitrogen and oxygen atoms in total. The Labute approximate surface area is 155 Å². The SMILES string of the molecule is COc1cc(OC)c2c(c1)nc(Nc1c(C)cccc1Cl)c1cncn12. The molecule has 0 amide bonds. The van der Waals surface area contributed by atoms with Crippen LogP contribution in [0.4, 0.5) is 11.5 Å². The predicted octanol–water partition coefficient (Wildman–Crippen LogP) is 4.61. The second-order valence-electron chi connectivity index (χ2n) is 5.86. The molecule has 2 aromatic heterocycles. The van der Waals surface area contributed by atoms with Crippen LogP contribution >= 0.6 is 11.6 Å². The highest BCUT2D eigenvalue weighted by molar-refractivity contribution is 6.33. The van der Waals surface area contributed by atoms with E-state index < -0.39 is 0 Å². The summed E-state index contributed by atoms with van der Waals surface area (Å²) in [5, 5.41) is 3.98. The number of nitrogens with one attached hydrogen (secondary N) is 1. The van der Waals surface area contributed by atoms with Crippen LogP contribution in [0.15, 0.2) is 42.9 Å². The Kier molecular flexibility index (Phi) is 4.05. The molecule has 0 aliphatic carbocycles. The molecule has 132 valence electrons. The number of para-hydroxylation sites is 1. The molecule has 2 aromatic carbocycles. The van der Waals surface area contributed by atoms with E-state index in [0.717, 1.165) is 27.8 Å². The molecule has 1 N–H and O–H groups in total. The highest BCUT2D eigenvalue weighted by Crippen LogP contribution is 2.35. The van der Waals surface area contributed by atoms with E-state index in [4.69, 9.17) is 26.1 Å². The van der Waals surface area contributed by atoms with Crippen LogP contribution in [-0.4, -0.2) is 28.6 Å². The number of hydrogen-bond acceptors (Lipinski definition) is 5. The number of hydrogen-bond donors (Lipinski definition) is 1. The van der Waals surface area contributed by atoms with Crippen molar-refractivity contribution in [2.24, 2.45) is 0 Å². The summed E-state index contributed by atoms with van der Waals surface area (Å²) in [6, 6.07) is 9.45. The fraction of sp³-hybridized carbons (Fsp3) is 0.158. The lowest BCUT2D eigenvalue weighted by molar-refractivity contribution is 0.397. The summed E-state index contributed by atoms with van der Waals surface area (Å²) in [7, 11) is 3.23. The van der Waals surface area contributed by atoms with Crippen molar-refractivity contribution in [1.82, 2.24) is 14.4 Å². The average molecular weight is 369 g/mol. The molecule has 4 rings (SSSR count). The number of ether oxygens (including phenoxy) is 2. The topological polar surface area (TPSA) is 60.7 Å². The lowest BCUT2D eigenvalue weighted by atomic mass is 10.2. The van der Waals surface area contributed by atoms with Crippen LogP contribution in [-0.2, 0) is 0 Å². The van der Waals surface area contributed by atoms with E-state index in [9.17, 15) is 0 Å². The van der Waals surface area contributed by atoms with Crippen LogP contribution < -0.4 is 14.8 Å². The van der Waals surface area contributed by atoms with E-state index in [0.29, 0.717) is 22.3 Å².